The van der Waals surface area contributed by atoms with E-state index in [-0.39, 0.29) is 0 Å². The number of benzene rings is 3. The van der Waals surface area contributed by atoms with Crippen LogP contribution in [-0.2, 0) is 15.1 Å². The van der Waals surface area contributed by atoms with Crippen LogP contribution < -0.4 is 0 Å². The van der Waals surface area contributed by atoms with Gasteiger partial charge in [-0.3, -0.25) is 0 Å². The van der Waals surface area contributed by atoms with E-state index >= 15 is 0 Å². The van der Waals surface area contributed by atoms with Gasteiger partial charge >= 0.3 is 5.97 Å². The first-order valence-electron chi connectivity index (χ1n) is 9.72. The number of carbonyl (C=O) groups is 1. The second-order valence-electron chi connectivity index (χ2n) is 6.87. The van der Waals surface area contributed by atoms with Crippen LogP contribution in [0.15, 0.2) is 110 Å². The number of rotatable bonds is 6. The fourth-order valence-electron chi connectivity index (χ4n) is 3.81. The third-order valence-electron chi connectivity index (χ3n) is 5.16. The molecule has 0 amide bonds. The average Bonchev–Trinajstić information content (AvgIpc) is 3.29. The number of aromatic nitrogens is 2. The van der Waals surface area contributed by atoms with Crippen molar-refractivity contribution in [1.29, 1.82) is 0 Å². The Morgan fingerprint density at radius 1 is 0.833 bits per heavy atom. The predicted octanol–water partition coefficient (Wildman–Crippen LogP) is 4.91. The number of hydrogen-bond acceptors (Lipinski definition) is 3. The standard InChI is InChI=1S/C26H22N2O2/c1-30-25(29)18-17-24-19-28(20-27-24)26(21-11-5-2-6-12-21,22-13-7-3-8-14-22)23-15-9-4-10-16-23/h2-20H,1H3/b18-17+. The van der Waals surface area contributed by atoms with Gasteiger partial charge in [0.15, 0.2) is 0 Å². The zero-order valence-electron chi connectivity index (χ0n) is 16.7. The SMILES string of the molecule is COC(=O)/C=C/c1cn(C(c2ccccc2)(c2ccccc2)c2ccccc2)cn1. The molecule has 0 radical (unpaired) electrons. The maximum atomic E-state index is 11.5. The minimum Gasteiger partial charge on any atom is -0.466 e. The minimum absolute atomic E-state index is 0.412. The zero-order valence-corrected chi connectivity index (χ0v) is 16.7. The molecule has 4 rings (SSSR count). The Balaban J connectivity index is 1.98. The number of imidazole rings is 1. The normalized spacial score (nSPS) is 11.5. The van der Waals surface area contributed by atoms with Gasteiger partial charge in [0.25, 0.3) is 0 Å². The fraction of sp³-hybridized carbons (Fsp3) is 0.0769. The van der Waals surface area contributed by atoms with E-state index in [1.54, 1.807) is 6.08 Å². The highest BCUT2D eigenvalue weighted by Crippen LogP contribution is 2.40. The summed E-state index contributed by atoms with van der Waals surface area (Å²) < 4.78 is 6.79. The lowest BCUT2D eigenvalue weighted by Crippen LogP contribution is -2.36. The van der Waals surface area contributed by atoms with Gasteiger partial charge in [0, 0.05) is 12.3 Å². The largest absolute Gasteiger partial charge is 0.466 e. The molecule has 4 heteroatoms. The molecule has 0 saturated carbocycles. The first kappa shape index (κ1) is 19.4. The van der Waals surface area contributed by atoms with Crippen molar-refractivity contribution in [3.8, 4) is 0 Å². The van der Waals surface area contributed by atoms with E-state index in [1.807, 2.05) is 67.1 Å². The number of ether oxygens (including phenoxy) is 1. The number of carbonyl (C=O) groups excluding carboxylic acids is 1. The average molecular weight is 394 g/mol. The lowest BCUT2D eigenvalue weighted by Gasteiger charge is -2.37. The first-order chi connectivity index (χ1) is 14.7. The van der Waals surface area contributed by atoms with Crippen LogP contribution in [0.1, 0.15) is 22.4 Å². The molecule has 0 aliphatic carbocycles. The molecule has 0 bridgehead atoms. The van der Waals surface area contributed by atoms with Crippen molar-refractivity contribution in [2.45, 2.75) is 5.54 Å². The van der Waals surface area contributed by atoms with Crippen molar-refractivity contribution in [2.75, 3.05) is 7.11 Å². The summed E-state index contributed by atoms with van der Waals surface area (Å²) in [6, 6.07) is 31.1. The maximum absolute atomic E-state index is 11.5. The fourth-order valence-corrected chi connectivity index (χ4v) is 3.81. The van der Waals surface area contributed by atoms with Gasteiger partial charge in [-0.1, -0.05) is 91.0 Å². The van der Waals surface area contributed by atoms with Gasteiger partial charge in [0.1, 0.15) is 5.54 Å². The number of nitrogens with zero attached hydrogens (tertiary/aromatic N) is 2. The van der Waals surface area contributed by atoms with Crippen LogP contribution in [0, 0.1) is 0 Å². The third kappa shape index (κ3) is 3.55. The molecule has 4 nitrogen and oxygen atoms in total. The summed E-state index contributed by atoms with van der Waals surface area (Å²) in [6.45, 7) is 0. The van der Waals surface area contributed by atoms with Crippen LogP contribution in [0.5, 0.6) is 0 Å². The maximum Gasteiger partial charge on any atom is 0.330 e. The molecule has 148 valence electrons. The molecule has 0 aliphatic heterocycles. The summed E-state index contributed by atoms with van der Waals surface area (Å²) in [5, 5.41) is 0. The topological polar surface area (TPSA) is 44.1 Å². The summed E-state index contributed by atoms with van der Waals surface area (Å²) in [5.74, 6) is -0.412. The predicted molar refractivity (Wildman–Crippen MR) is 118 cm³/mol. The minimum atomic E-state index is -0.617. The summed E-state index contributed by atoms with van der Waals surface area (Å²) >= 11 is 0. The van der Waals surface area contributed by atoms with E-state index in [4.69, 9.17) is 4.74 Å². The van der Waals surface area contributed by atoms with Crippen molar-refractivity contribution in [2.24, 2.45) is 0 Å². The van der Waals surface area contributed by atoms with Crippen molar-refractivity contribution >= 4 is 12.0 Å². The summed E-state index contributed by atoms with van der Waals surface area (Å²) in [5.41, 5.74) is 3.40. The second-order valence-corrected chi connectivity index (χ2v) is 6.87. The Morgan fingerprint density at radius 3 is 1.73 bits per heavy atom. The van der Waals surface area contributed by atoms with E-state index < -0.39 is 11.5 Å². The number of methoxy groups -OCH3 is 1. The van der Waals surface area contributed by atoms with Crippen LogP contribution >= 0.6 is 0 Å². The quantitative estimate of drug-likeness (QED) is 0.265. The molecular weight excluding hydrogens is 372 g/mol. The molecule has 3 aromatic carbocycles. The van der Waals surface area contributed by atoms with Crippen LogP contribution in [0.25, 0.3) is 6.08 Å². The smallest absolute Gasteiger partial charge is 0.330 e. The third-order valence-corrected chi connectivity index (χ3v) is 5.16. The first-order valence-corrected chi connectivity index (χ1v) is 9.72. The Labute approximate surface area is 176 Å². The van der Waals surface area contributed by atoms with E-state index in [0.29, 0.717) is 5.69 Å². The molecule has 0 fully saturated rings. The molecule has 30 heavy (non-hydrogen) atoms. The summed E-state index contributed by atoms with van der Waals surface area (Å²) in [4.78, 5) is 16.0. The van der Waals surface area contributed by atoms with E-state index in [2.05, 4.69) is 45.9 Å². The second kappa shape index (κ2) is 8.62. The highest BCUT2D eigenvalue weighted by molar-refractivity contribution is 5.86. The molecule has 4 aromatic rings. The van der Waals surface area contributed by atoms with Crippen LogP contribution in [0.3, 0.4) is 0 Å². The lowest BCUT2D eigenvalue weighted by atomic mass is 9.77. The highest BCUT2D eigenvalue weighted by atomic mass is 16.5. The van der Waals surface area contributed by atoms with Crippen molar-refractivity contribution in [1.82, 2.24) is 9.55 Å². The van der Waals surface area contributed by atoms with Crippen LogP contribution in [0.2, 0.25) is 0 Å². The molecular formula is C26H22N2O2. The van der Waals surface area contributed by atoms with Gasteiger partial charge in [-0.05, 0) is 22.8 Å². The monoisotopic (exact) mass is 394 g/mol. The molecule has 0 atom stereocenters. The summed E-state index contributed by atoms with van der Waals surface area (Å²) in [7, 11) is 1.36. The van der Waals surface area contributed by atoms with Gasteiger partial charge in [-0.2, -0.15) is 0 Å². The Hall–Kier alpha value is -3.92. The molecule has 0 saturated heterocycles. The Bertz CT molecular complexity index is 1040. The van der Waals surface area contributed by atoms with Crippen LogP contribution in [-0.4, -0.2) is 22.6 Å². The van der Waals surface area contributed by atoms with Crippen molar-refractivity contribution in [3.05, 3.63) is 132 Å². The summed E-state index contributed by atoms with van der Waals surface area (Å²) in [6.07, 6.45) is 6.80. The van der Waals surface area contributed by atoms with Gasteiger partial charge in [-0.25, -0.2) is 9.78 Å². The van der Waals surface area contributed by atoms with E-state index in [0.717, 1.165) is 16.7 Å². The molecule has 0 unspecified atom stereocenters. The van der Waals surface area contributed by atoms with Crippen molar-refractivity contribution in [3.63, 3.8) is 0 Å². The molecule has 0 N–H and O–H groups in total. The van der Waals surface area contributed by atoms with Crippen LogP contribution in [0.4, 0.5) is 0 Å². The van der Waals surface area contributed by atoms with Gasteiger partial charge < -0.3 is 9.30 Å². The van der Waals surface area contributed by atoms with Crippen molar-refractivity contribution < 1.29 is 9.53 Å². The Morgan fingerprint density at radius 2 is 1.30 bits per heavy atom. The lowest BCUT2D eigenvalue weighted by molar-refractivity contribution is -0.134. The number of esters is 1. The van der Waals surface area contributed by atoms with Gasteiger partial charge in [0.05, 0.1) is 19.1 Å². The molecule has 1 aromatic heterocycles. The van der Waals surface area contributed by atoms with Gasteiger partial charge in [0.2, 0.25) is 0 Å². The molecule has 0 aliphatic rings. The van der Waals surface area contributed by atoms with E-state index in [9.17, 15) is 4.79 Å². The number of hydrogen-bond donors (Lipinski definition) is 0. The molecule has 0 spiro atoms. The molecule has 1 heterocycles. The zero-order chi connectivity index (χ0) is 20.8. The highest BCUT2D eigenvalue weighted by Gasteiger charge is 2.38. The Kier molecular flexibility index (Phi) is 5.57. The van der Waals surface area contributed by atoms with E-state index in [1.165, 1.54) is 13.2 Å². The van der Waals surface area contributed by atoms with Gasteiger partial charge in [-0.15, -0.1) is 0 Å².